The number of aromatic nitrogens is 3. The van der Waals surface area contributed by atoms with Gasteiger partial charge in [0.1, 0.15) is 11.4 Å². The van der Waals surface area contributed by atoms with E-state index in [1.54, 1.807) is 13.3 Å². The molecule has 0 bridgehead atoms. The lowest BCUT2D eigenvalue weighted by Crippen LogP contribution is -2.49. The van der Waals surface area contributed by atoms with Crippen LogP contribution in [0.4, 0.5) is 0 Å². The number of likely N-dealkylation sites (tertiary alicyclic amines) is 1. The Balaban J connectivity index is 1.30. The Hall–Kier alpha value is -3.22. The molecule has 2 aliphatic rings. The summed E-state index contributed by atoms with van der Waals surface area (Å²) in [4.78, 5) is 24.3. The van der Waals surface area contributed by atoms with Crippen LogP contribution >= 0.6 is 0 Å². The molecule has 1 aliphatic heterocycles. The molecule has 2 aromatic heterocycles. The highest BCUT2D eigenvalue weighted by Crippen LogP contribution is 2.46. The Morgan fingerprint density at radius 2 is 2.06 bits per heavy atom. The second-order valence-electron chi connectivity index (χ2n) is 9.33. The molecule has 7 nitrogen and oxygen atoms in total. The first-order valence-electron chi connectivity index (χ1n) is 11.8. The number of piperidine rings is 1. The van der Waals surface area contributed by atoms with Gasteiger partial charge >= 0.3 is 0 Å². The van der Waals surface area contributed by atoms with Gasteiger partial charge in [-0.3, -0.25) is 9.78 Å². The smallest absolute Gasteiger partial charge is 0.276 e. The summed E-state index contributed by atoms with van der Waals surface area (Å²) < 4.78 is 10.8. The van der Waals surface area contributed by atoms with E-state index in [4.69, 9.17) is 14.2 Å². The van der Waals surface area contributed by atoms with E-state index in [1.807, 2.05) is 47.4 Å². The van der Waals surface area contributed by atoms with Crippen LogP contribution in [0.3, 0.4) is 0 Å². The minimum absolute atomic E-state index is 0.194. The summed E-state index contributed by atoms with van der Waals surface area (Å²) in [6.07, 6.45) is 8.38. The van der Waals surface area contributed by atoms with Crippen LogP contribution in [0.2, 0.25) is 0 Å². The molecule has 1 saturated heterocycles. The van der Waals surface area contributed by atoms with E-state index in [0.717, 1.165) is 49.4 Å². The van der Waals surface area contributed by atoms with Crippen molar-refractivity contribution in [3.8, 4) is 17.3 Å². The predicted octanol–water partition coefficient (Wildman–Crippen LogP) is 4.43. The summed E-state index contributed by atoms with van der Waals surface area (Å²) in [6, 6.07) is 13.6. The van der Waals surface area contributed by atoms with E-state index >= 15 is 0 Å². The van der Waals surface area contributed by atoms with Gasteiger partial charge in [0, 0.05) is 25.7 Å². The number of methoxy groups -OCH3 is 1. The SMILES string of the molecule is COc1ccc(CCC(=O)N2CCCC(CC3CC3)(c3noc(-c4ccccn4)n3)C2)cc1. The first-order chi connectivity index (χ1) is 16.1. The molecule has 0 spiro atoms. The van der Waals surface area contributed by atoms with Gasteiger partial charge in [0.15, 0.2) is 5.82 Å². The lowest BCUT2D eigenvalue weighted by Gasteiger charge is -2.41. The Morgan fingerprint density at radius 1 is 1.21 bits per heavy atom. The average molecular weight is 447 g/mol. The third-order valence-electron chi connectivity index (χ3n) is 6.88. The zero-order valence-corrected chi connectivity index (χ0v) is 19.1. The van der Waals surface area contributed by atoms with Crippen LogP contribution < -0.4 is 4.74 Å². The number of aryl methyl sites for hydroxylation is 1. The first-order valence-corrected chi connectivity index (χ1v) is 11.8. The topological polar surface area (TPSA) is 81.4 Å². The number of carbonyl (C=O) groups is 1. The van der Waals surface area contributed by atoms with Crippen molar-refractivity contribution in [1.29, 1.82) is 0 Å². The molecule has 1 atom stereocenters. The number of hydrogen-bond acceptors (Lipinski definition) is 6. The number of ether oxygens (including phenoxy) is 1. The van der Waals surface area contributed by atoms with Gasteiger partial charge in [-0.05, 0) is 61.4 Å². The maximum atomic E-state index is 13.2. The molecular formula is C26H30N4O3. The zero-order valence-electron chi connectivity index (χ0n) is 19.1. The lowest BCUT2D eigenvalue weighted by atomic mass is 9.74. The summed E-state index contributed by atoms with van der Waals surface area (Å²) in [5.74, 6) is 2.89. The molecule has 0 N–H and O–H groups in total. The number of carbonyl (C=O) groups excluding carboxylic acids is 1. The van der Waals surface area contributed by atoms with E-state index in [2.05, 4.69) is 10.1 Å². The summed E-state index contributed by atoms with van der Waals surface area (Å²) in [6.45, 7) is 1.45. The monoisotopic (exact) mass is 446 g/mol. The Kier molecular flexibility index (Phi) is 6.11. The van der Waals surface area contributed by atoms with Crippen LogP contribution in [0.15, 0.2) is 53.2 Å². The molecule has 1 aliphatic carbocycles. The number of pyridine rings is 1. The lowest BCUT2D eigenvalue weighted by molar-refractivity contribution is -0.133. The molecule has 1 aromatic carbocycles. The molecular weight excluding hydrogens is 416 g/mol. The van der Waals surface area contributed by atoms with Gasteiger partial charge in [-0.25, -0.2) is 0 Å². The van der Waals surface area contributed by atoms with Crippen LogP contribution in [0.5, 0.6) is 5.75 Å². The Bertz CT molecular complexity index is 1080. The fourth-order valence-electron chi connectivity index (χ4n) is 4.89. The average Bonchev–Trinajstić information content (AvgIpc) is 3.53. The van der Waals surface area contributed by atoms with E-state index in [1.165, 1.54) is 12.8 Å². The van der Waals surface area contributed by atoms with Crippen LogP contribution in [-0.4, -0.2) is 46.1 Å². The molecule has 1 unspecified atom stereocenters. The van der Waals surface area contributed by atoms with Crippen LogP contribution in [0.1, 0.15) is 49.9 Å². The van der Waals surface area contributed by atoms with Gasteiger partial charge in [-0.15, -0.1) is 0 Å². The predicted molar refractivity (Wildman–Crippen MR) is 124 cm³/mol. The van der Waals surface area contributed by atoms with Crippen molar-refractivity contribution in [2.24, 2.45) is 5.92 Å². The molecule has 33 heavy (non-hydrogen) atoms. The van der Waals surface area contributed by atoms with Crippen LogP contribution in [0.25, 0.3) is 11.6 Å². The summed E-state index contributed by atoms with van der Waals surface area (Å²) in [5.41, 5.74) is 1.58. The second-order valence-corrected chi connectivity index (χ2v) is 9.33. The van der Waals surface area contributed by atoms with E-state index in [-0.39, 0.29) is 11.3 Å². The number of rotatable bonds is 8. The van der Waals surface area contributed by atoms with Crippen molar-refractivity contribution in [2.75, 3.05) is 20.2 Å². The van der Waals surface area contributed by atoms with Crippen molar-refractivity contribution in [2.45, 2.75) is 50.4 Å². The van der Waals surface area contributed by atoms with Crippen molar-refractivity contribution < 1.29 is 14.1 Å². The van der Waals surface area contributed by atoms with Crippen molar-refractivity contribution >= 4 is 5.91 Å². The minimum Gasteiger partial charge on any atom is -0.497 e. The number of nitrogens with zero attached hydrogens (tertiary/aromatic N) is 4. The highest BCUT2D eigenvalue weighted by atomic mass is 16.5. The molecule has 7 heteroatoms. The van der Waals surface area contributed by atoms with Gasteiger partial charge in [0.05, 0.1) is 12.5 Å². The molecule has 1 amide bonds. The molecule has 0 radical (unpaired) electrons. The summed E-state index contributed by atoms with van der Waals surface area (Å²) >= 11 is 0. The zero-order chi connectivity index (χ0) is 22.7. The fraction of sp³-hybridized carbons (Fsp3) is 0.462. The van der Waals surface area contributed by atoms with Crippen molar-refractivity contribution in [1.82, 2.24) is 20.0 Å². The van der Waals surface area contributed by atoms with Gasteiger partial charge in [0.2, 0.25) is 5.91 Å². The highest BCUT2D eigenvalue weighted by molar-refractivity contribution is 5.76. The van der Waals surface area contributed by atoms with Crippen LogP contribution in [-0.2, 0) is 16.6 Å². The van der Waals surface area contributed by atoms with Gasteiger partial charge in [-0.2, -0.15) is 4.98 Å². The normalized spacial score (nSPS) is 20.6. The Labute approximate surface area is 194 Å². The fourth-order valence-corrected chi connectivity index (χ4v) is 4.89. The van der Waals surface area contributed by atoms with E-state index < -0.39 is 0 Å². The second kappa shape index (κ2) is 9.33. The molecule has 5 rings (SSSR count). The molecule has 3 aromatic rings. The van der Waals surface area contributed by atoms with Crippen LogP contribution in [0, 0.1) is 5.92 Å². The maximum Gasteiger partial charge on any atom is 0.276 e. The van der Waals surface area contributed by atoms with Gasteiger partial charge < -0.3 is 14.2 Å². The number of benzene rings is 1. The third-order valence-corrected chi connectivity index (χ3v) is 6.88. The highest BCUT2D eigenvalue weighted by Gasteiger charge is 2.45. The minimum atomic E-state index is -0.244. The third kappa shape index (κ3) is 4.92. The summed E-state index contributed by atoms with van der Waals surface area (Å²) in [7, 11) is 1.66. The maximum absolute atomic E-state index is 13.2. The van der Waals surface area contributed by atoms with E-state index in [9.17, 15) is 4.79 Å². The molecule has 3 heterocycles. The largest absolute Gasteiger partial charge is 0.497 e. The van der Waals surface area contributed by atoms with Crippen molar-refractivity contribution in [3.63, 3.8) is 0 Å². The molecule has 172 valence electrons. The molecule has 1 saturated carbocycles. The first kappa shape index (κ1) is 21.6. The van der Waals surface area contributed by atoms with Crippen molar-refractivity contribution in [3.05, 3.63) is 60.0 Å². The quantitative estimate of drug-likeness (QED) is 0.509. The van der Waals surface area contributed by atoms with E-state index in [0.29, 0.717) is 30.5 Å². The summed E-state index contributed by atoms with van der Waals surface area (Å²) in [5, 5.41) is 4.40. The van der Waals surface area contributed by atoms with Gasteiger partial charge in [0.25, 0.3) is 5.89 Å². The molecule has 2 fully saturated rings. The Morgan fingerprint density at radius 3 is 2.79 bits per heavy atom. The standard InChI is InChI=1S/C26H30N4O3/c1-32-21-11-8-19(9-12-21)10-13-23(31)30-16-4-14-26(18-30,17-20-6-7-20)25-28-24(33-29-25)22-5-2-3-15-27-22/h2-3,5,8-9,11-12,15,20H,4,6-7,10,13-14,16-18H2,1H3. The van der Waals surface area contributed by atoms with Gasteiger partial charge in [-0.1, -0.05) is 36.2 Å². The number of amides is 1. The number of hydrogen-bond donors (Lipinski definition) is 0.